The van der Waals surface area contributed by atoms with Gasteiger partial charge in [-0.15, -0.1) is 12.6 Å². The number of hydrogen-bond acceptors (Lipinski definition) is 4. The molecule has 1 aliphatic rings. The van der Waals surface area contributed by atoms with Crippen LogP contribution in [-0.4, -0.2) is 11.6 Å². The first-order chi connectivity index (χ1) is 11.6. The fraction of sp³-hybridized carbons (Fsp3) is 0. The van der Waals surface area contributed by atoms with E-state index in [1.807, 2.05) is 36.4 Å². The van der Waals surface area contributed by atoms with E-state index in [-0.39, 0.29) is 11.6 Å². The van der Waals surface area contributed by atoms with Gasteiger partial charge in [0.2, 0.25) is 0 Å². The highest BCUT2D eigenvalue weighted by Gasteiger charge is 2.31. The number of carbonyl (C=O) groups is 2. The van der Waals surface area contributed by atoms with Crippen LogP contribution in [0.15, 0.2) is 81.4 Å². The van der Waals surface area contributed by atoms with Crippen molar-refractivity contribution in [3.05, 3.63) is 89.0 Å². The molecule has 116 valence electrons. The summed E-state index contributed by atoms with van der Waals surface area (Å²) in [6, 6.07) is 20.2. The van der Waals surface area contributed by atoms with Crippen LogP contribution in [0.3, 0.4) is 0 Å². The topological polar surface area (TPSA) is 34.1 Å². The molecule has 3 aromatic rings. The largest absolute Gasteiger partial charge is 0.289 e. The molecule has 0 fully saturated rings. The van der Waals surface area contributed by atoms with Gasteiger partial charge in [-0.2, -0.15) is 0 Å². The van der Waals surface area contributed by atoms with Crippen molar-refractivity contribution in [1.29, 1.82) is 0 Å². The number of benzene rings is 3. The highest BCUT2D eigenvalue weighted by Crippen LogP contribution is 2.37. The molecule has 0 saturated heterocycles. The minimum absolute atomic E-state index is 0.0888. The van der Waals surface area contributed by atoms with E-state index < -0.39 is 0 Å². The number of fused-ring (bicyclic) bond motifs is 2. The summed E-state index contributed by atoms with van der Waals surface area (Å²) in [4.78, 5) is 28.4. The molecule has 3 aromatic carbocycles. The molecule has 4 heteroatoms. The Morgan fingerprint density at radius 1 is 0.667 bits per heavy atom. The molecule has 0 amide bonds. The van der Waals surface area contributed by atoms with Crippen LogP contribution in [0.1, 0.15) is 31.8 Å². The quantitative estimate of drug-likeness (QED) is 0.523. The van der Waals surface area contributed by atoms with Crippen molar-refractivity contribution in [3.8, 4) is 0 Å². The van der Waals surface area contributed by atoms with E-state index in [0.717, 1.165) is 14.7 Å². The average Bonchev–Trinajstić information content (AvgIpc) is 2.61. The number of ketones is 2. The van der Waals surface area contributed by atoms with Crippen molar-refractivity contribution in [1.82, 2.24) is 0 Å². The number of thiol groups is 1. The van der Waals surface area contributed by atoms with Crippen molar-refractivity contribution in [2.45, 2.75) is 14.7 Å². The van der Waals surface area contributed by atoms with Gasteiger partial charge in [-0.05, 0) is 30.3 Å². The number of hydrogen-bond donors (Lipinski definition) is 1. The van der Waals surface area contributed by atoms with Gasteiger partial charge in [-0.3, -0.25) is 9.59 Å². The van der Waals surface area contributed by atoms with Gasteiger partial charge in [0.25, 0.3) is 0 Å². The maximum atomic E-state index is 12.9. The molecule has 0 heterocycles. The van der Waals surface area contributed by atoms with E-state index >= 15 is 0 Å². The Morgan fingerprint density at radius 3 is 2.00 bits per heavy atom. The Balaban J connectivity index is 1.83. The normalized spacial score (nSPS) is 12.7. The van der Waals surface area contributed by atoms with Crippen molar-refractivity contribution in [2.75, 3.05) is 0 Å². The van der Waals surface area contributed by atoms with Crippen LogP contribution < -0.4 is 0 Å². The summed E-state index contributed by atoms with van der Waals surface area (Å²) in [5.74, 6) is -0.178. The predicted octanol–water partition coefficient (Wildman–Crippen LogP) is 4.90. The van der Waals surface area contributed by atoms with Crippen molar-refractivity contribution < 1.29 is 9.59 Å². The number of carbonyl (C=O) groups excluding carboxylic acids is 2. The molecular weight excluding hydrogens is 336 g/mol. The lowest BCUT2D eigenvalue weighted by Crippen LogP contribution is -2.21. The molecule has 0 atom stereocenters. The molecule has 0 bridgehead atoms. The van der Waals surface area contributed by atoms with E-state index in [9.17, 15) is 9.59 Å². The van der Waals surface area contributed by atoms with E-state index in [0.29, 0.717) is 22.3 Å². The Bertz CT molecular complexity index is 975. The Labute approximate surface area is 149 Å². The third-order valence-electron chi connectivity index (χ3n) is 3.98. The average molecular weight is 348 g/mol. The van der Waals surface area contributed by atoms with Gasteiger partial charge in [0, 0.05) is 36.9 Å². The summed E-state index contributed by atoms with van der Waals surface area (Å²) < 4.78 is 0. The molecule has 0 radical (unpaired) electrons. The molecule has 0 unspecified atom stereocenters. The van der Waals surface area contributed by atoms with Gasteiger partial charge in [0.15, 0.2) is 11.6 Å². The van der Waals surface area contributed by atoms with Crippen LogP contribution in [0.25, 0.3) is 0 Å². The van der Waals surface area contributed by atoms with Crippen LogP contribution in [0.4, 0.5) is 0 Å². The van der Waals surface area contributed by atoms with Gasteiger partial charge in [0.1, 0.15) is 0 Å². The highest BCUT2D eigenvalue weighted by atomic mass is 32.2. The smallest absolute Gasteiger partial charge is 0.195 e. The maximum absolute atomic E-state index is 12.9. The fourth-order valence-electron chi connectivity index (χ4n) is 2.84. The second kappa shape index (κ2) is 5.96. The molecule has 0 N–H and O–H groups in total. The summed E-state index contributed by atoms with van der Waals surface area (Å²) in [7, 11) is 0. The second-order valence-electron chi connectivity index (χ2n) is 5.48. The van der Waals surface area contributed by atoms with Crippen LogP contribution in [0, 0.1) is 0 Å². The fourth-order valence-corrected chi connectivity index (χ4v) is 3.97. The minimum atomic E-state index is -0.0895. The SMILES string of the molecule is O=C1c2ccccc2C(=O)c2c(Sc3ccc(S)cc3)cccc21. The van der Waals surface area contributed by atoms with Crippen LogP contribution in [-0.2, 0) is 0 Å². The van der Waals surface area contributed by atoms with Crippen LogP contribution >= 0.6 is 24.4 Å². The van der Waals surface area contributed by atoms with E-state index in [2.05, 4.69) is 12.6 Å². The van der Waals surface area contributed by atoms with Crippen molar-refractivity contribution in [2.24, 2.45) is 0 Å². The monoisotopic (exact) mass is 348 g/mol. The van der Waals surface area contributed by atoms with Crippen molar-refractivity contribution >= 4 is 36.0 Å². The first-order valence-corrected chi connectivity index (χ1v) is 8.70. The summed E-state index contributed by atoms with van der Waals surface area (Å²) >= 11 is 5.77. The molecule has 0 spiro atoms. The van der Waals surface area contributed by atoms with Gasteiger partial charge in [0.05, 0.1) is 0 Å². The zero-order chi connectivity index (χ0) is 16.7. The molecule has 1 aliphatic carbocycles. The zero-order valence-electron chi connectivity index (χ0n) is 12.5. The summed E-state index contributed by atoms with van der Waals surface area (Å²) in [5.41, 5.74) is 1.95. The first-order valence-electron chi connectivity index (χ1n) is 7.43. The molecule has 24 heavy (non-hydrogen) atoms. The third-order valence-corrected chi connectivity index (χ3v) is 5.34. The van der Waals surface area contributed by atoms with Crippen molar-refractivity contribution in [3.63, 3.8) is 0 Å². The molecule has 4 rings (SSSR count). The summed E-state index contributed by atoms with van der Waals surface area (Å²) in [5, 5.41) is 0. The summed E-state index contributed by atoms with van der Waals surface area (Å²) in [6.45, 7) is 0. The highest BCUT2D eigenvalue weighted by molar-refractivity contribution is 7.99. The maximum Gasteiger partial charge on any atom is 0.195 e. The van der Waals surface area contributed by atoms with Gasteiger partial charge in [-0.25, -0.2) is 0 Å². The summed E-state index contributed by atoms with van der Waals surface area (Å²) in [6.07, 6.45) is 0. The molecule has 0 saturated carbocycles. The lowest BCUT2D eigenvalue weighted by atomic mass is 9.84. The molecule has 0 aliphatic heterocycles. The van der Waals surface area contributed by atoms with E-state index in [1.54, 1.807) is 30.3 Å². The van der Waals surface area contributed by atoms with Gasteiger partial charge >= 0.3 is 0 Å². The third kappa shape index (κ3) is 2.48. The number of rotatable bonds is 2. The molecule has 2 nitrogen and oxygen atoms in total. The molecule has 0 aromatic heterocycles. The Kier molecular flexibility index (Phi) is 3.79. The minimum Gasteiger partial charge on any atom is -0.289 e. The van der Waals surface area contributed by atoms with Gasteiger partial charge in [-0.1, -0.05) is 48.2 Å². The van der Waals surface area contributed by atoms with Crippen LogP contribution in [0.2, 0.25) is 0 Å². The van der Waals surface area contributed by atoms with E-state index in [1.165, 1.54) is 11.8 Å². The lowest BCUT2D eigenvalue weighted by Gasteiger charge is -2.19. The first kappa shape index (κ1) is 15.2. The Morgan fingerprint density at radius 2 is 1.29 bits per heavy atom. The standard InChI is InChI=1S/C20H12O2S2/c21-19-14-4-1-2-5-15(14)20(22)18-16(19)6-3-7-17(18)24-13-10-8-12(23)9-11-13/h1-11,23H. The van der Waals surface area contributed by atoms with Gasteiger partial charge < -0.3 is 0 Å². The second-order valence-corrected chi connectivity index (χ2v) is 7.11. The lowest BCUT2D eigenvalue weighted by molar-refractivity contribution is 0.0977. The van der Waals surface area contributed by atoms with Crippen LogP contribution in [0.5, 0.6) is 0 Å². The zero-order valence-corrected chi connectivity index (χ0v) is 14.2. The Hall–Kier alpha value is -2.30. The predicted molar refractivity (Wildman–Crippen MR) is 97.6 cm³/mol. The molecular formula is C20H12O2S2. The van der Waals surface area contributed by atoms with E-state index in [4.69, 9.17) is 0 Å².